The summed E-state index contributed by atoms with van der Waals surface area (Å²) >= 11 is 0. The Labute approximate surface area is 97.6 Å². The van der Waals surface area contributed by atoms with Gasteiger partial charge in [-0.15, -0.1) is 0 Å². The second kappa shape index (κ2) is 8.10. The van der Waals surface area contributed by atoms with Gasteiger partial charge in [-0.25, -0.2) is 0 Å². The molecule has 94 valence electrons. The van der Waals surface area contributed by atoms with Crippen molar-refractivity contribution in [2.75, 3.05) is 27.7 Å². The maximum Gasteiger partial charge on any atom is 0.237 e. The number of nitrogens with one attached hydrogen (secondary N) is 2. The molecule has 0 rings (SSSR count). The number of hydrogen-bond acceptors (Lipinski definition) is 3. The van der Waals surface area contributed by atoms with Crippen LogP contribution in [0.1, 0.15) is 26.2 Å². The van der Waals surface area contributed by atoms with Crippen LogP contribution in [0, 0.1) is 0 Å². The molecule has 16 heavy (non-hydrogen) atoms. The molecule has 0 saturated carbocycles. The van der Waals surface area contributed by atoms with E-state index in [9.17, 15) is 9.59 Å². The van der Waals surface area contributed by atoms with Crippen molar-refractivity contribution in [2.45, 2.75) is 32.2 Å². The number of carbonyl (C=O) groups is 2. The molecule has 1 atom stereocenters. The lowest BCUT2D eigenvalue weighted by molar-refractivity contribution is -0.125. The minimum Gasteiger partial charge on any atom is -0.358 e. The molecular weight excluding hydrogens is 208 g/mol. The Morgan fingerprint density at radius 3 is 2.31 bits per heavy atom. The Hall–Kier alpha value is -1.10. The van der Waals surface area contributed by atoms with Gasteiger partial charge in [0.05, 0.1) is 6.04 Å². The Balaban J connectivity index is 3.77. The fourth-order valence-electron chi connectivity index (χ4n) is 1.52. The Morgan fingerprint density at radius 1 is 1.25 bits per heavy atom. The van der Waals surface area contributed by atoms with Crippen LogP contribution in [0.25, 0.3) is 0 Å². The van der Waals surface area contributed by atoms with Gasteiger partial charge in [0.15, 0.2) is 0 Å². The number of hydrogen-bond donors (Lipinski definition) is 2. The van der Waals surface area contributed by atoms with Crippen LogP contribution in [0.15, 0.2) is 0 Å². The molecule has 5 nitrogen and oxygen atoms in total. The number of likely N-dealkylation sites (N-methyl/N-ethyl adjacent to an activating group) is 2. The van der Waals surface area contributed by atoms with E-state index in [1.807, 2.05) is 19.0 Å². The molecule has 0 fully saturated rings. The van der Waals surface area contributed by atoms with E-state index in [-0.39, 0.29) is 17.9 Å². The SMILES string of the molecule is CC(=O)NCCCCC(C(=O)N[13CH3])N(C)[13CH3]. The topological polar surface area (TPSA) is 61.4 Å². The summed E-state index contributed by atoms with van der Waals surface area (Å²) in [6, 6.07) is -0.0812. The first-order chi connectivity index (χ1) is 7.49. The molecule has 0 heterocycles. The van der Waals surface area contributed by atoms with Gasteiger partial charge >= 0.3 is 0 Å². The predicted octanol–water partition coefficient (Wildman–Crippen LogP) is -0.0310. The second-order valence-corrected chi connectivity index (χ2v) is 4.07. The highest BCUT2D eigenvalue weighted by Gasteiger charge is 2.18. The Kier molecular flexibility index (Phi) is 7.54. The third-order valence-electron chi connectivity index (χ3n) is 2.45. The third-order valence-corrected chi connectivity index (χ3v) is 2.45. The number of nitrogens with zero attached hydrogens (tertiary/aromatic N) is 1. The molecule has 0 aromatic heterocycles. The molecule has 0 aliphatic carbocycles. The van der Waals surface area contributed by atoms with Crippen LogP contribution in [-0.2, 0) is 9.59 Å². The van der Waals surface area contributed by atoms with Gasteiger partial charge in [-0.2, -0.15) is 0 Å². The van der Waals surface area contributed by atoms with Gasteiger partial charge in [-0.05, 0) is 33.4 Å². The highest BCUT2D eigenvalue weighted by Crippen LogP contribution is 2.05. The van der Waals surface area contributed by atoms with Crippen LogP contribution in [0.4, 0.5) is 0 Å². The van der Waals surface area contributed by atoms with E-state index in [2.05, 4.69) is 10.6 Å². The zero-order valence-corrected chi connectivity index (χ0v) is 10.7. The first-order valence-corrected chi connectivity index (χ1v) is 5.61. The quantitative estimate of drug-likeness (QED) is 0.478. The predicted molar refractivity (Wildman–Crippen MR) is 64.1 cm³/mol. The van der Waals surface area contributed by atoms with Crippen molar-refractivity contribution in [1.29, 1.82) is 0 Å². The molecule has 0 saturated heterocycles. The van der Waals surface area contributed by atoms with E-state index in [0.717, 1.165) is 19.3 Å². The summed E-state index contributed by atoms with van der Waals surface area (Å²) in [6.07, 6.45) is 2.64. The van der Waals surface area contributed by atoms with Gasteiger partial charge < -0.3 is 10.6 Å². The fraction of sp³-hybridized carbons (Fsp3) is 0.818. The zero-order chi connectivity index (χ0) is 12.6. The van der Waals surface area contributed by atoms with Crippen LogP contribution in [0.5, 0.6) is 0 Å². The zero-order valence-electron chi connectivity index (χ0n) is 10.7. The molecule has 0 aromatic rings. The first-order valence-electron chi connectivity index (χ1n) is 5.61. The average Bonchev–Trinajstić information content (AvgIpc) is 2.21. The molecule has 0 aliphatic heterocycles. The van der Waals surface area contributed by atoms with Gasteiger partial charge in [-0.3, -0.25) is 14.5 Å². The van der Waals surface area contributed by atoms with Crippen molar-refractivity contribution < 1.29 is 9.59 Å². The van der Waals surface area contributed by atoms with Crippen molar-refractivity contribution in [3.05, 3.63) is 0 Å². The maximum absolute atomic E-state index is 11.5. The first kappa shape index (κ1) is 14.9. The monoisotopic (exact) mass is 231 g/mol. The van der Waals surface area contributed by atoms with Crippen molar-refractivity contribution in [3.63, 3.8) is 0 Å². The van der Waals surface area contributed by atoms with E-state index >= 15 is 0 Å². The Morgan fingerprint density at radius 2 is 1.88 bits per heavy atom. The molecule has 2 amide bonds. The van der Waals surface area contributed by atoms with Crippen LogP contribution in [0.3, 0.4) is 0 Å². The standard InChI is InChI=1S/C11H23N3O2/c1-9(15)13-8-6-5-7-10(14(3)4)11(16)12-2/h10H,5-8H2,1-4H3,(H,12,16)(H,13,15)/i2+1,3+1. The minimum absolute atomic E-state index is 0.00420. The van der Waals surface area contributed by atoms with Gasteiger partial charge in [0.2, 0.25) is 11.8 Å². The molecule has 0 spiro atoms. The summed E-state index contributed by atoms with van der Waals surface area (Å²) in [5, 5.41) is 5.39. The van der Waals surface area contributed by atoms with Gasteiger partial charge in [0.25, 0.3) is 0 Å². The second-order valence-electron chi connectivity index (χ2n) is 4.07. The highest BCUT2D eigenvalue weighted by molar-refractivity contribution is 5.81. The van der Waals surface area contributed by atoms with Crippen LogP contribution >= 0.6 is 0 Å². The third kappa shape index (κ3) is 6.40. The molecule has 1 unspecified atom stereocenters. The summed E-state index contributed by atoms with van der Waals surface area (Å²) < 4.78 is 0. The fourth-order valence-corrected chi connectivity index (χ4v) is 1.52. The summed E-state index contributed by atoms with van der Waals surface area (Å²) in [6.45, 7) is 2.19. The van der Waals surface area contributed by atoms with Gasteiger partial charge in [0.1, 0.15) is 0 Å². The summed E-state index contributed by atoms with van der Waals surface area (Å²) in [5.74, 6) is 0.0417. The van der Waals surface area contributed by atoms with E-state index in [1.165, 1.54) is 6.92 Å². The van der Waals surface area contributed by atoms with E-state index < -0.39 is 0 Å². The van der Waals surface area contributed by atoms with E-state index in [4.69, 9.17) is 0 Å². The van der Waals surface area contributed by atoms with Gasteiger partial charge in [0, 0.05) is 20.5 Å². The molecule has 0 aliphatic rings. The molecule has 5 heteroatoms. The minimum atomic E-state index is -0.0812. The lowest BCUT2D eigenvalue weighted by Gasteiger charge is -2.22. The average molecular weight is 231 g/mol. The van der Waals surface area contributed by atoms with Crippen LogP contribution < -0.4 is 10.6 Å². The molecule has 0 bridgehead atoms. The summed E-state index contributed by atoms with van der Waals surface area (Å²) in [7, 11) is 5.44. The smallest absolute Gasteiger partial charge is 0.237 e. The van der Waals surface area contributed by atoms with Crippen LogP contribution in [-0.4, -0.2) is 50.4 Å². The summed E-state index contributed by atoms with van der Waals surface area (Å²) in [5.41, 5.74) is 0. The van der Waals surface area contributed by atoms with E-state index in [1.54, 1.807) is 7.05 Å². The molecule has 2 N–H and O–H groups in total. The lowest BCUT2D eigenvalue weighted by atomic mass is 10.1. The van der Waals surface area contributed by atoms with Crippen molar-refractivity contribution in [2.24, 2.45) is 0 Å². The summed E-state index contributed by atoms with van der Waals surface area (Å²) in [4.78, 5) is 24.0. The van der Waals surface area contributed by atoms with Gasteiger partial charge in [-0.1, -0.05) is 0 Å². The van der Waals surface area contributed by atoms with Crippen molar-refractivity contribution >= 4 is 11.8 Å². The van der Waals surface area contributed by atoms with E-state index in [0.29, 0.717) is 6.54 Å². The van der Waals surface area contributed by atoms with Crippen molar-refractivity contribution in [3.8, 4) is 0 Å². The Bertz CT molecular complexity index is 229. The number of carbonyl (C=O) groups excluding carboxylic acids is 2. The lowest BCUT2D eigenvalue weighted by Crippen LogP contribution is -2.42. The number of amides is 2. The highest BCUT2D eigenvalue weighted by atomic mass is 16.2. The molecule has 0 aromatic carbocycles. The molecular formula is C11H23N3O2. The number of rotatable bonds is 7. The van der Waals surface area contributed by atoms with Crippen molar-refractivity contribution in [1.82, 2.24) is 15.5 Å². The van der Waals surface area contributed by atoms with Crippen LogP contribution in [0.2, 0.25) is 0 Å². The molecule has 0 radical (unpaired) electrons. The number of unbranched alkanes of at least 4 members (excludes halogenated alkanes) is 1. The maximum atomic E-state index is 11.5. The largest absolute Gasteiger partial charge is 0.358 e. The normalized spacial score (nSPS) is 12.3.